The first-order chi connectivity index (χ1) is 9.31. The fourth-order valence-corrected chi connectivity index (χ4v) is 2.54. The third-order valence-corrected chi connectivity index (χ3v) is 3.68. The summed E-state index contributed by atoms with van der Waals surface area (Å²) >= 11 is 0. The number of halogens is 4. The van der Waals surface area contributed by atoms with Gasteiger partial charge >= 0.3 is 6.18 Å². The molecule has 3 nitrogen and oxygen atoms in total. The van der Waals surface area contributed by atoms with Crippen LogP contribution in [0.4, 0.5) is 17.6 Å². The van der Waals surface area contributed by atoms with Gasteiger partial charge in [0, 0.05) is 0 Å². The van der Waals surface area contributed by atoms with Crippen molar-refractivity contribution in [2.75, 3.05) is 6.54 Å². The average Bonchev–Trinajstić information content (AvgIpc) is 3.09. The van der Waals surface area contributed by atoms with Crippen LogP contribution in [-0.4, -0.2) is 29.1 Å². The smallest absolute Gasteiger partial charge is 0.312 e. The summed E-state index contributed by atoms with van der Waals surface area (Å²) in [6.07, 6.45) is -4.24. The highest BCUT2D eigenvalue weighted by Crippen LogP contribution is 2.46. The molecule has 0 bridgehead atoms. The van der Waals surface area contributed by atoms with E-state index in [1.807, 2.05) is 0 Å². The number of hydrogen-bond acceptors (Lipinski definition) is 2. The Labute approximate surface area is 112 Å². The first-order valence-corrected chi connectivity index (χ1v) is 6.22. The van der Waals surface area contributed by atoms with Crippen LogP contribution in [0.3, 0.4) is 0 Å². The van der Waals surface area contributed by atoms with Gasteiger partial charge in [0.1, 0.15) is 24.1 Å². The average molecular weight is 288 g/mol. The van der Waals surface area contributed by atoms with Gasteiger partial charge in [-0.15, -0.1) is 0 Å². The molecule has 20 heavy (non-hydrogen) atoms. The Morgan fingerprint density at radius 3 is 2.35 bits per heavy atom. The van der Waals surface area contributed by atoms with Gasteiger partial charge in [0.25, 0.3) is 0 Å². The summed E-state index contributed by atoms with van der Waals surface area (Å²) < 4.78 is 50.8. The molecule has 1 N–H and O–H groups in total. The Morgan fingerprint density at radius 2 is 1.85 bits per heavy atom. The lowest BCUT2D eigenvalue weighted by atomic mass is 10.1. The molecule has 3 rings (SSSR count). The normalized spacial score (nSPS) is 24.5. The van der Waals surface area contributed by atoms with Gasteiger partial charge in [-0.25, -0.2) is 4.39 Å². The number of hydrogen-bond donors (Lipinski definition) is 1. The number of alkyl halides is 3. The molecule has 108 valence electrons. The van der Waals surface area contributed by atoms with E-state index >= 15 is 0 Å². The molecule has 1 saturated heterocycles. The van der Waals surface area contributed by atoms with E-state index in [0.717, 1.165) is 4.90 Å². The molecule has 1 spiro atoms. The summed E-state index contributed by atoms with van der Waals surface area (Å²) in [4.78, 5) is 12.9. The van der Waals surface area contributed by atoms with Crippen molar-refractivity contribution in [1.82, 2.24) is 10.2 Å². The van der Waals surface area contributed by atoms with Gasteiger partial charge in [0.05, 0.1) is 0 Å². The zero-order valence-corrected chi connectivity index (χ0v) is 10.4. The second-order valence-electron chi connectivity index (χ2n) is 5.23. The zero-order valence-electron chi connectivity index (χ0n) is 10.4. The summed E-state index contributed by atoms with van der Waals surface area (Å²) in [5.74, 6) is -0.995. The van der Waals surface area contributed by atoms with Crippen molar-refractivity contribution in [2.45, 2.75) is 30.7 Å². The van der Waals surface area contributed by atoms with Crippen LogP contribution < -0.4 is 5.32 Å². The summed E-state index contributed by atoms with van der Waals surface area (Å²) in [7, 11) is 0. The van der Waals surface area contributed by atoms with Crippen LogP contribution in [0.1, 0.15) is 24.6 Å². The predicted octanol–water partition coefficient (Wildman–Crippen LogP) is 2.35. The Morgan fingerprint density at radius 1 is 1.25 bits per heavy atom. The van der Waals surface area contributed by atoms with Crippen LogP contribution in [0.15, 0.2) is 24.3 Å². The van der Waals surface area contributed by atoms with Crippen molar-refractivity contribution >= 4 is 5.91 Å². The molecule has 0 radical (unpaired) electrons. The van der Waals surface area contributed by atoms with Crippen LogP contribution in [0.2, 0.25) is 0 Å². The maximum absolute atomic E-state index is 12.9. The molecule has 1 aromatic carbocycles. The second-order valence-corrected chi connectivity index (χ2v) is 5.23. The van der Waals surface area contributed by atoms with Crippen LogP contribution in [0.25, 0.3) is 0 Å². The molecule has 1 amide bonds. The van der Waals surface area contributed by atoms with Crippen LogP contribution in [0.5, 0.6) is 0 Å². The van der Waals surface area contributed by atoms with Gasteiger partial charge in [-0.05, 0) is 30.5 Å². The van der Waals surface area contributed by atoms with Crippen molar-refractivity contribution in [1.29, 1.82) is 0 Å². The molecule has 7 heteroatoms. The van der Waals surface area contributed by atoms with Crippen LogP contribution in [0, 0.1) is 5.82 Å². The van der Waals surface area contributed by atoms with Crippen molar-refractivity contribution in [3.05, 3.63) is 35.6 Å². The minimum Gasteiger partial charge on any atom is -0.312 e. The van der Waals surface area contributed by atoms with Gasteiger partial charge < -0.3 is 4.90 Å². The fraction of sp³-hybridized carbons (Fsp3) is 0.462. The Bertz CT molecular complexity index is 536. The standard InChI is InChI=1S/C13H12F4N2O/c14-9-3-1-8(2-4-9)10-18-12(5-6-12)11(20)19(10)7-13(15,16)17/h1-4,10,18H,5-7H2. The van der Waals surface area contributed by atoms with E-state index in [0.29, 0.717) is 18.4 Å². The maximum atomic E-state index is 12.9. The molecule has 2 fully saturated rings. The molecular formula is C13H12F4N2O. The molecule has 2 aliphatic rings. The molecule has 1 unspecified atom stereocenters. The topological polar surface area (TPSA) is 32.3 Å². The number of benzene rings is 1. The number of amides is 1. The number of nitrogens with zero attached hydrogens (tertiary/aromatic N) is 1. The molecule has 1 aliphatic heterocycles. The Balaban J connectivity index is 1.91. The fourth-order valence-electron chi connectivity index (χ4n) is 2.54. The summed E-state index contributed by atoms with van der Waals surface area (Å²) in [5, 5.41) is 2.95. The van der Waals surface area contributed by atoms with Crippen LogP contribution >= 0.6 is 0 Å². The van der Waals surface area contributed by atoms with Crippen molar-refractivity contribution in [3.63, 3.8) is 0 Å². The number of carbonyl (C=O) groups excluding carboxylic acids is 1. The first-order valence-electron chi connectivity index (χ1n) is 6.22. The van der Waals surface area contributed by atoms with E-state index in [1.54, 1.807) is 0 Å². The lowest BCUT2D eigenvalue weighted by molar-refractivity contribution is -0.162. The molecule has 1 saturated carbocycles. The molecule has 1 atom stereocenters. The molecule has 1 aromatic rings. The third kappa shape index (κ3) is 2.26. The van der Waals surface area contributed by atoms with Crippen LogP contribution in [-0.2, 0) is 4.79 Å². The SMILES string of the molecule is O=C1N(CC(F)(F)F)C(c2ccc(F)cc2)NC12CC2. The van der Waals surface area contributed by atoms with E-state index in [4.69, 9.17) is 0 Å². The number of nitrogens with one attached hydrogen (secondary N) is 1. The van der Waals surface area contributed by atoms with E-state index in [9.17, 15) is 22.4 Å². The van der Waals surface area contributed by atoms with E-state index in [1.165, 1.54) is 24.3 Å². The minimum absolute atomic E-state index is 0.452. The third-order valence-electron chi connectivity index (χ3n) is 3.68. The number of carbonyl (C=O) groups is 1. The highest BCUT2D eigenvalue weighted by atomic mass is 19.4. The molecule has 0 aromatic heterocycles. The first kappa shape index (κ1) is 13.4. The van der Waals surface area contributed by atoms with Crippen molar-refractivity contribution in [3.8, 4) is 0 Å². The largest absolute Gasteiger partial charge is 0.406 e. The second kappa shape index (κ2) is 4.18. The monoisotopic (exact) mass is 288 g/mol. The van der Waals surface area contributed by atoms with Gasteiger partial charge in [0.15, 0.2) is 0 Å². The highest BCUT2D eigenvalue weighted by molar-refractivity contribution is 5.92. The van der Waals surface area contributed by atoms with Crippen molar-refractivity contribution < 1.29 is 22.4 Å². The van der Waals surface area contributed by atoms with E-state index in [-0.39, 0.29) is 0 Å². The van der Waals surface area contributed by atoms with Gasteiger partial charge in [-0.2, -0.15) is 13.2 Å². The highest BCUT2D eigenvalue weighted by Gasteiger charge is 2.60. The van der Waals surface area contributed by atoms with Gasteiger partial charge in [0.2, 0.25) is 5.91 Å². The molecule has 1 heterocycles. The van der Waals surface area contributed by atoms with E-state index in [2.05, 4.69) is 5.32 Å². The van der Waals surface area contributed by atoms with E-state index < -0.39 is 36.2 Å². The Hall–Kier alpha value is -1.63. The minimum atomic E-state index is -4.46. The van der Waals surface area contributed by atoms with Gasteiger partial charge in [-0.1, -0.05) is 12.1 Å². The quantitative estimate of drug-likeness (QED) is 0.847. The molecule has 1 aliphatic carbocycles. The Kier molecular flexibility index (Phi) is 2.79. The zero-order chi connectivity index (χ0) is 14.5. The maximum Gasteiger partial charge on any atom is 0.406 e. The number of rotatable bonds is 2. The summed E-state index contributed by atoms with van der Waals surface area (Å²) in [6.45, 7) is -1.30. The van der Waals surface area contributed by atoms with Gasteiger partial charge in [-0.3, -0.25) is 10.1 Å². The summed E-state index contributed by atoms with van der Waals surface area (Å²) in [5.41, 5.74) is -0.391. The summed E-state index contributed by atoms with van der Waals surface area (Å²) in [6, 6.07) is 5.13. The lowest BCUT2D eigenvalue weighted by Gasteiger charge is -2.25. The predicted molar refractivity (Wildman–Crippen MR) is 62.0 cm³/mol. The van der Waals surface area contributed by atoms with Crippen molar-refractivity contribution in [2.24, 2.45) is 0 Å². The lowest BCUT2D eigenvalue weighted by Crippen LogP contribution is -2.39. The molecular weight excluding hydrogens is 276 g/mol.